The first-order chi connectivity index (χ1) is 24.5. The van der Waals surface area contributed by atoms with Crippen molar-refractivity contribution in [3.05, 3.63) is 55.6 Å². The number of fused-ring (bicyclic) bond motifs is 2. The quantitative estimate of drug-likeness (QED) is 0.0369. The number of carboxylic acid groups (broad SMARTS) is 1. The molecule has 3 aliphatic heterocycles. The SMILES string of the molecule is C[N+](C)(C)CCO.Cc1cc2nc3c(=O)[nH]c(=O)nc-3n(C[C@H](O)[C@H](O)[C@H](O)CO)c2cc1C.Cl.N[C@@H](CS)C(=O)O.O=C1O[C@H]([C@@H](O)CO)C(O)=C1O.[Cl-]. The summed E-state index contributed by atoms with van der Waals surface area (Å²) in [6.07, 6.45) is -7.46. The number of carboxylic acids is 1. The van der Waals surface area contributed by atoms with E-state index in [9.17, 15) is 34.5 Å². The standard InChI is InChI=1S/C17H20N4O6.C6H8O6.C5H14NO.C3H7NO2S.2ClH/c1-7-3-9-10(4-8(7)2)21(5-11(23)14(25)12(24)6-22)15-13(18-9)16(26)20-17(27)19-15;7-1-2(8)5-3(9)4(10)6(11)12-5;1-6(2,3)4-5-7;4-2(1-7)3(5)6;;/h3-4,11-12,14,22-25H,5-6H2,1-2H3,(H,20,26,27);2,5,7-10H,1H2;7H,4-5H2,1-3H3;2,7H,1,4H2,(H,5,6);2*1H/q;;+1;;;/p-1/t11-,12+,14-;2-,5+;;2-;;/m00.0../s1. The summed E-state index contributed by atoms with van der Waals surface area (Å²) in [5.41, 5.74) is 6.05. The first-order valence-corrected chi connectivity index (χ1v) is 16.4. The third-order valence-electron chi connectivity index (χ3n) is 7.33. The number of halogens is 2. The van der Waals surface area contributed by atoms with E-state index in [1.54, 1.807) is 12.1 Å². The maximum atomic E-state index is 12.2. The lowest BCUT2D eigenvalue weighted by Crippen LogP contribution is -3.00. The lowest BCUT2D eigenvalue weighted by atomic mass is 10.1. The molecule has 0 bridgehead atoms. The number of benzene rings is 1. The summed E-state index contributed by atoms with van der Waals surface area (Å²) in [4.78, 5) is 54.3. The number of aliphatic hydroxyl groups is 9. The molecule has 3 aliphatic rings. The Morgan fingerprint density at radius 3 is 1.96 bits per heavy atom. The fourth-order valence-corrected chi connectivity index (χ4v) is 4.25. The highest BCUT2D eigenvalue weighted by Crippen LogP contribution is 2.25. The number of thiol groups is 1. The summed E-state index contributed by atoms with van der Waals surface area (Å²) in [7, 11) is 6.16. The van der Waals surface area contributed by atoms with Gasteiger partial charge in [0.2, 0.25) is 5.76 Å². The van der Waals surface area contributed by atoms with Crippen LogP contribution in [0.3, 0.4) is 0 Å². The van der Waals surface area contributed by atoms with E-state index in [2.05, 4.69) is 53.5 Å². The van der Waals surface area contributed by atoms with Crippen LogP contribution in [0.15, 0.2) is 33.2 Å². The van der Waals surface area contributed by atoms with Gasteiger partial charge < -0.3 is 83.0 Å². The van der Waals surface area contributed by atoms with Crippen molar-refractivity contribution in [2.45, 2.75) is 57.0 Å². The molecule has 1 aromatic carbocycles. The Morgan fingerprint density at radius 1 is 1.00 bits per heavy atom. The summed E-state index contributed by atoms with van der Waals surface area (Å²) in [5.74, 6) is -3.65. The van der Waals surface area contributed by atoms with Crippen LogP contribution in [-0.2, 0) is 20.9 Å². The largest absolute Gasteiger partial charge is 1.00 e. The molecular weight excluding hydrogens is 799 g/mol. The van der Waals surface area contributed by atoms with Crippen molar-refractivity contribution in [1.29, 1.82) is 0 Å². The van der Waals surface area contributed by atoms with Crippen LogP contribution in [0, 0.1) is 13.8 Å². The van der Waals surface area contributed by atoms with Gasteiger partial charge in [-0.3, -0.25) is 14.6 Å². The average Bonchev–Trinajstić information content (AvgIpc) is 3.35. The van der Waals surface area contributed by atoms with Crippen molar-refractivity contribution in [3.8, 4) is 11.5 Å². The predicted octanol–water partition coefficient (Wildman–Crippen LogP) is -6.69. The molecule has 0 aromatic heterocycles. The number of nitrogens with zero attached hydrogens (tertiary/aromatic N) is 4. The van der Waals surface area contributed by atoms with Crippen molar-refractivity contribution in [2.24, 2.45) is 5.73 Å². The maximum absolute atomic E-state index is 12.2. The molecule has 55 heavy (non-hydrogen) atoms. The lowest BCUT2D eigenvalue weighted by molar-refractivity contribution is -0.870. The summed E-state index contributed by atoms with van der Waals surface area (Å²) in [6.45, 7) is 3.17. The van der Waals surface area contributed by atoms with E-state index in [1.165, 1.54) is 4.57 Å². The van der Waals surface area contributed by atoms with Gasteiger partial charge in [0.05, 0.1) is 58.5 Å². The number of rotatable bonds is 11. The Kier molecular flexibility index (Phi) is 23.4. The first-order valence-electron chi connectivity index (χ1n) is 15.7. The summed E-state index contributed by atoms with van der Waals surface area (Å²) < 4.78 is 6.56. The van der Waals surface area contributed by atoms with E-state index in [4.69, 9.17) is 41.5 Å². The van der Waals surface area contributed by atoms with Gasteiger partial charge in [0.25, 0.3) is 5.56 Å². The van der Waals surface area contributed by atoms with Crippen molar-refractivity contribution < 1.29 is 82.3 Å². The summed E-state index contributed by atoms with van der Waals surface area (Å²) in [6, 6.07) is 2.71. The number of H-pyrrole nitrogens is 1. The minimum Gasteiger partial charge on any atom is -1.00 e. The molecule has 3 heterocycles. The van der Waals surface area contributed by atoms with Gasteiger partial charge in [-0.15, -0.1) is 12.4 Å². The Morgan fingerprint density at radius 2 is 1.56 bits per heavy atom. The number of hydrogen-bond acceptors (Lipinski definition) is 18. The van der Waals surface area contributed by atoms with Crippen molar-refractivity contribution in [2.75, 3.05) is 53.3 Å². The van der Waals surface area contributed by atoms with Crippen LogP contribution in [0.1, 0.15) is 11.1 Å². The van der Waals surface area contributed by atoms with Crippen LogP contribution in [0.2, 0.25) is 0 Å². The zero-order valence-corrected chi connectivity index (χ0v) is 32.9. The number of aliphatic hydroxyl groups excluding tert-OH is 9. The zero-order valence-electron chi connectivity index (χ0n) is 30.5. The molecule has 13 N–H and O–H groups in total. The van der Waals surface area contributed by atoms with Gasteiger partial charge in [-0.1, -0.05) is 0 Å². The number of aryl methyl sites for hydroxylation is 2. The van der Waals surface area contributed by atoms with Gasteiger partial charge in [0.15, 0.2) is 23.4 Å². The Labute approximate surface area is 332 Å². The van der Waals surface area contributed by atoms with E-state index < -0.39 is 84.5 Å². The number of cyclic esters (lactones) is 1. The summed E-state index contributed by atoms with van der Waals surface area (Å²) in [5, 5.41) is 90.2. The number of aliphatic carboxylic acids is 1. The normalized spacial score (nSPS) is 16.3. The second kappa shape index (κ2) is 24.1. The summed E-state index contributed by atoms with van der Waals surface area (Å²) >= 11 is 3.65. The van der Waals surface area contributed by atoms with Gasteiger partial charge in [-0.25, -0.2) is 14.6 Å². The number of hydrogen-bond donors (Lipinski definition) is 13. The van der Waals surface area contributed by atoms with Crippen LogP contribution in [-0.4, -0.2) is 177 Å². The highest BCUT2D eigenvalue weighted by molar-refractivity contribution is 7.80. The molecule has 24 heteroatoms. The molecule has 6 atom stereocenters. The fraction of sp³-hybridized carbons (Fsp3) is 0.548. The Hall–Kier alpha value is -3.65. The van der Waals surface area contributed by atoms with E-state index in [0.717, 1.165) is 22.2 Å². The number of ether oxygens (including phenoxy) is 1. The van der Waals surface area contributed by atoms with Crippen molar-refractivity contribution in [3.63, 3.8) is 0 Å². The molecule has 314 valence electrons. The molecule has 0 saturated carbocycles. The van der Waals surface area contributed by atoms with E-state index >= 15 is 0 Å². The van der Waals surface area contributed by atoms with Gasteiger partial charge in [0.1, 0.15) is 37.0 Å². The lowest BCUT2D eigenvalue weighted by Gasteiger charge is -2.25. The molecule has 4 rings (SSSR count). The molecule has 0 unspecified atom stereocenters. The molecule has 0 radical (unpaired) electrons. The average molecular weight is 850 g/mol. The highest BCUT2D eigenvalue weighted by Gasteiger charge is 2.38. The molecule has 0 amide bonds. The van der Waals surface area contributed by atoms with Gasteiger partial charge in [0, 0.05) is 5.75 Å². The highest BCUT2D eigenvalue weighted by atomic mass is 35.5. The molecular formula is C31H50Cl2N6O15S. The first kappa shape index (κ1) is 53.5. The predicted molar refractivity (Wildman–Crippen MR) is 198 cm³/mol. The second-order valence-electron chi connectivity index (χ2n) is 12.7. The van der Waals surface area contributed by atoms with Crippen LogP contribution in [0.4, 0.5) is 0 Å². The molecule has 21 nitrogen and oxygen atoms in total. The molecule has 0 saturated heterocycles. The smallest absolute Gasteiger partial charge is 0.377 e. The molecule has 0 fully saturated rings. The number of esters is 1. The monoisotopic (exact) mass is 848 g/mol. The fourth-order valence-electron chi connectivity index (χ4n) is 4.10. The number of carbonyl (C=O) groups excluding carboxylic acids is 1. The maximum Gasteiger partial charge on any atom is 0.377 e. The number of quaternary nitrogens is 1. The minimum absolute atomic E-state index is 0. The van der Waals surface area contributed by atoms with Crippen molar-refractivity contribution in [1.82, 2.24) is 19.5 Å². The Bertz CT molecular complexity index is 1810. The van der Waals surface area contributed by atoms with Gasteiger partial charge >= 0.3 is 17.6 Å². The number of likely N-dealkylation sites (N-methyl/N-ethyl adjacent to an activating group) is 1. The zero-order chi connectivity index (χ0) is 41.0. The number of carbonyl (C=O) groups is 2. The Balaban J connectivity index is 0. The van der Waals surface area contributed by atoms with Gasteiger partial charge in [-0.05, 0) is 37.1 Å². The molecule has 1 aromatic rings. The number of aromatic amines is 1. The third-order valence-corrected chi connectivity index (χ3v) is 7.72. The van der Waals surface area contributed by atoms with E-state index in [-0.39, 0.29) is 55.2 Å². The number of aromatic nitrogens is 4. The van der Waals surface area contributed by atoms with Crippen molar-refractivity contribution >= 4 is 48.0 Å². The second-order valence-corrected chi connectivity index (χ2v) is 13.0. The van der Waals surface area contributed by atoms with Crippen LogP contribution >= 0.6 is 25.0 Å². The number of nitrogens with two attached hydrogens (primary N) is 1. The van der Waals surface area contributed by atoms with Crippen LogP contribution < -0.4 is 29.4 Å². The van der Waals surface area contributed by atoms with Crippen LogP contribution in [0.5, 0.6) is 0 Å². The van der Waals surface area contributed by atoms with E-state index in [1.807, 2.05) is 13.8 Å². The third kappa shape index (κ3) is 15.8. The number of nitrogens with one attached hydrogen (secondary N) is 1. The van der Waals surface area contributed by atoms with Gasteiger partial charge in [-0.2, -0.15) is 17.6 Å². The van der Waals surface area contributed by atoms with Crippen LogP contribution in [0.25, 0.3) is 22.6 Å². The topological polar surface area (TPSA) is 352 Å². The minimum atomic E-state index is -1.64. The molecule has 0 aliphatic carbocycles. The van der Waals surface area contributed by atoms with E-state index in [0.29, 0.717) is 11.0 Å². The molecule has 0 spiro atoms.